The maximum atomic E-state index is 13.2. The van der Waals surface area contributed by atoms with Crippen molar-refractivity contribution in [1.82, 2.24) is 15.5 Å². The van der Waals surface area contributed by atoms with Gasteiger partial charge in [0, 0.05) is 22.6 Å². The quantitative estimate of drug-likeness (QED) is 0.395. The number of aryl methyl sites for hydroxylation is 1. The van der Waals surface area contributed by atoms with E-state index in [1.807, 2.05) is 37.3 Å². The van der Waals surface area contributed by atoms with Gasteiger partial charge < -0.3 is 19.2 Å². The summed E-state index contributed by atoms with van der Waals surface area (Å²) in [5.74, 6) is -0.641. The molecular formula is C25H21F2N3O4. The third-order valence-corrected chi connectivity index (χ3v) is 5.62. The van der Waals surface area contributed by atoms with Gasteiger partial charge in [-0.15, -0.1) is 0 Å². The average Bonchev–Trinajstić information content (AvgIpc) is 3.53. The molecule has 7 nitrogen and oxygen atoms in total. The van der Waals surface area contributed by atoms with Crippen molar-refractivity contribution >= 4 is 16.9 Å². The van der Waals surface area contributed by atoms with Crippen molar-refractivity contribution in [2.75, 3.05) is 7.11 Å². The van der Waals surface area contributed by atoms with Gasteiger partial charge in [0.2, 0.25) is 0 Å². The zero-order valence-electron chi connectivity index (χ0n) is 18.5. The topological polar surface area (TPSA) is 86.5 Å². The second-order valence-electron chi connectivity index (χ2n) is 8.10. The van der Waals surface area contributed by atoms with Crippen LogP contribution in [0.4, 0.5) is 8.78 Å². The van der Waals surface area contributed by atoms with Gasteiger partial charge in [-0.1, -0.05) is 6.07 Å². The van der Waals surface area contributed by atoms with Crippen LogP contribution in [0, 0.1) is 6.92 Å². The van der Waals surface area contributed by atoms with Crippen molar-refractivity contribution < 1.29 is 27.5 Å². The summed E-state index contributed by atoms with van der Waals surface area (Å²) in [6, 6.07) is 12.4. The predicted octanol–water partition coefficient (Wildman–Crippen LogP) is 5.37. The summed E-state index contributed by atoms with van der Waals surface area (Å²) in [6.07, 6.45) is 3.24. The van der Waals surface area contributed by atoms with E-state index >= 15 is 0 Å². The molecule has 5 rings (SSSR count). The maximum absolute atomic E-state index is 13.2. The molecule has 0 radical (unpaired) electrons. The minimum Gasteiger partial charge on any atom is -0.496 e. The number of nitrogens with one attached hydrogen (secondary N) is 1. The van der Waals surface area contributed by atoms with Crippen LogP contribution >= 0.6 is 0 Å². The molecule has 1 saturated carbocycles. The monoisotopic (exact) mass is 465 g/mol. The zero-order chi connectivity index (χ0) is 23.8. The Labute approximate surface area is 193 Å². The first kappa shape index (κ1) is 21.8. The molecule has 34 heavy (non-hydrogen) atoms. The summed E-state index contributed by atoms with van der Waals surface area (Å²) in [5.41, 5.74) is 4.01. The van der Waals surface area contributed by atoms with Crippen molar-refractivity contribution in [2.24, 2.45) is 0 Å². The van der Waals surface area contributed by atoms with Crippen molar-refractivity contribution in [1.29, 1.82) is 0 Å². The number of hydrogen-bond acceptors (Lipinski definition) is 6. The van der Waals surface area contributed by atoms with Gasteiger partial charge in [-0.05, 0) is 61.7 Å². The van der Waals surface area contributed by atoms with Crippen LogP contribution in [0.5, 0.6) is 11.5 Å². The highest BCUT2D eigenvalue weighted by atomic mass is 19.3. The lowest BCUT2D eigenvalue weighted by Gasteiger charge is -2.16. The summed E-state index contributed by atoms with van der Waals surface area (Å²) in [5, 5.41) is 11.8. The molecule has 174 valence electrons. The van der Waals surface area contributed by atoms with Crippen LogP contribution in [0.3, 0.4) is 0 Å². The van der Waals surface area contributed by atoms with E-state index in [4.69, 9.17) is 13.9 Å². The molecule has 0 aliphatic heterocycles. The van der Waals surface area contributed by atoms with Crippen molar-refractivity contribution in [2.45, 2.75) is 32.4 Å². The van der Waals surface area contributed by atoms with Crippen LogP contribution in [0.2, 0.25) is 0 Å². The number of carbonyl (C=O) groups is 1. The molecule has 1 aliphatic carbocycles. The standard InChI is InChI=1S/C25H21F2N3O4/c1-13-3-8-19(30-29-13)14-4-7-17-18(12-33-20(17)9-14)15-10-21(32-2)23(22(11-15)34-25(26)27)24(31)28-16-5-6-16/h3-4,7-12,16,25H,5-6H2,1-2H3,(H,28,31). The minimum atomic E-state index is -3.10. The Balaban J connectivity index is 1.57. The average molecular weight is 465 g/mol. The molecule has 9 heteroatoms. The van der Waals surface area contributed by atoms with Gasteiger partial charge in [0.25, 0.3) is 5.91 Å². The highest BCUT2D eigenvalue weighted by Gasteiger charge is 2.29. The fraction of sp³-hybridized carbons (Fsp3) is 0.240. The molecule has 0 saturated heterocycles. The van der Waals surface area contributed by atoms with Gasteiger partial charge in [0.15, 0.2) is 0 Å². The molecule has 2 heterocycles. The first-order valence-corrected chi connectivity index (χ1v) is 10.7. The molecule has 0 atom stereocenters. The number of hydrogen-bond donors (Lipinski definition) is 1. The normalized spacial score (nSPS) is 13.3. The van der Waals surface area contributed by atoms with Crippen molar-refractivity contribution in [3.05, 3.63) is 60.0 Å². The third-order valence-electron chi connectivity index (χ3n) is 5.62. The number of alkyl halides is 2. The van der Waals surface area contributed by atoms with Gasteiger partial charge >= 0.3 is 6.61 Å². The van der Waals surface area contributed by atoms with E-state index < -0.39 is 12.5 Å². The Bertz CT molecular complexity index is 1360. The van der Waals surface area contributed by atoms with E-state index in [-0.39, 0.29) is 23.1 Å². The smallest absolute Gasteiger partial charge is 0.387 e. The molecule has 1 aliphatic rings. The molecular weight excluding hydrogens is 444 g/mol. The fourth-order valence-corrected chi connectivity index (χ4v) is 3.77. The van der Waals surface area contributed by atoms with Crippen molar-refractivity contribution in [3.8, 4) is 33.9 Å². The van der Waals surface area contributed by atoms with Crippen LogP contribution < -0.4 is 14.8 Å². The Hall–Kier alpha value is -4.01. The highest BCUT2D eigenvalue weighted by Crippen LogP contribution is 2.40. The largest absolute Gasteiger partial charge is 0.496 e. The van der Waals surface area contributed by atoms with Gasteiger partial charge in [-0.25, -0.2) is 0 Å². The van der Waals surface area contributed by atoms with Crippen molar-refractivity contribution in [3.63, 3.8) is 0 Å². The summed E-state index contributed by atoms with van der Waals surface area (Å²) >= 11 is 0. The highest BCUT2D eigenvalue weighted by molar-refractivity contribution is 6.02. The van der Waals surface area contributed by atoms with E-state index in [9.17, 15) is 13.6 Å². The van der Waals surface area contributed by atoms with Gasteiger partial charge in [-0.2, -0.15) is 19.0 Å². The number of aromatic nitrogens is 2. The van der Waals surface area contributed by atoms with E-state index in [1.165, 1.54) is 19.4 Å². The fourth-order valence-electron chi connectivity index (χ4n) is 3.77. The Morgan fingerprint density at radius 1 is 1.09 bits per heavy atom. The number of furan rings is 1. The summed E-state index contributed by atoms with van der Waals surface area (Å²) in [7, 11) is 1.38. The molecule has 1 fully saturated rings. The summed E-state index contributed by atoms with van der Waals surface area (Å²) in [6.45, 7) is -1.24. The van der Waals surface area contributed by atoms with Crippen LogP contribution in [0.25, 0.3) is 33.4 Å². The van der Waals surface area contributed by atoms with Gasteiger partial charge in [0.05, 0.1) is 24.8 Å². The third kappa shape index (κ3) is 4.28. The SMILES string of the molecule is COc1cc(-c2coc3cc(-c4ccc(C)nn4)ccc23)cc(OC(F)F)c1C(=O)NC1CC1. The van der Waals surface area contributed by atoms with Crippen LogP contribution in [0.1, 0.15) is 28.9 Å². The lowest BCUT2D eigenvalue weighted by atomic mass is 9.99. The molecule has 1 amide bonds. The Morgan fingerprint density at radius 3 is 2.56 bits per heavy atom. The Kier molecular flexibility index (Phi) is 5.61. The number of fused-ring (bicyclic) bond motifs is 1. The predicted molar refractivity (Wildman–Crippen MR) is 121 cm³/mol. The molecule has 2 aromatic carbocycles. The molecule has 0 bridgehead atoms. The molecule has 4 aromatic rings. The Morgan fingerprint density at radius 2 is 1.88 bits per heavy atom. The first-order chi connectivity index (χ1) is 16.4. The van der Waals surface area contributed by atoms with E-state index in [2.05, 4.69) is 15.5 Å². The van der Waals surface area contributed by atoms with E-state index in [0.29, 0.717) is 22.4 Å². The minimum absolute atomic E-state index is 0.0431. The maximum Gasteiger partial charge on any atom is 0.387 e. The molecule has 0 spiro atoms. The number of rotatable bonds is 7. The second-order valence-corrected chi connectivity index (χ2v) is 8.10. The summed E-state index contributed by atoms with van der Waals surface area (Å²) in [4.78, 5) is 12.7. The summed E-state index contributed by atoms with van der Waals surface area (Å²) < 4.78 is 42.3. The number of methoxy groups -OCH3 is 1. The first-order valence-electron chi connectivity index (χ1n) is 10.7. The number of amides is 1. The second kappa shape index (κ2) is 8.74. The molecule has 0 unspecified atom stereocenters. The lowest BCUT2D eigenvalue weighted by Crippen LogP contribution is -2.26. The van der Waals surface area contributed by atoms with E-state index in [1.54, 1.807) is 6.07 Å². The van der Waals surface area contributed by atoms with Crippen LogP contribution in [0.15, 0.2) is 53.1 Å². The van der Waals surface area contributed by atoms with Crippen LogP contribution in [-0.4, -0.2) is 35.9 Å². The number of halogens is 2. The van der Waals surface area contributed by atoms with Crippen LogP contribution in [-0.2, 0) is 0 Å². The number of benzene rings is 2. The number of carbonyl (C=O) groups excluding carboxylic acids is 1. The number of ether oxygens (including phenoxy) is 2. The van der Waals surface area contributed by atoms with Gasteiger partial charge in [-0.3, -0.25) is 4.79 Å². The zero-order valence-corrected chi connectivity index (χ0v) is 18.5. The molecule has 2 aromatic heterocycles. The van der Waals surface area contributed by atoms with E-state index in [0.717, 1.165) is 29.5 Å². The van der Waals surface area contributed by atoms with Gasteiger partial charge in [0.1, 0.15) is 22.6 Å². The lowest BCUT2D eigenvalue weighted by molar-refractivity contribution is -0.0502. The number of nitrogens with zero attached hydrogens (tertiary/aromatic N) is 2. The molecule has 1 N–H and O–H groups in total.